The van der Waals surface area contributed by atoms with Crippen LogP contribution in [0.5, 0.6) is 0 Å². The van der Waals surface area contributed by atoms with Crippen molar-refractivity contribution in [2.24, 2.45) is 5.92 Å². The van der Waals surface area contributed by atoms with Crippen molar-refractivity contribution in [1.29, 1.82) is 0 Å². The molecule has 0 saturated carbocycles. The second-order valence-electron chi connectivity index (χ2n) is 12.6. The standard InChI is InChI=1S/C26H44N2O6Si2/c1-25(2,3)36(8,9)33-18-21-20(16-26(4,5)35(6,7)32)15-22(34-21)28-17-19(13-11-10-12-14-29)23(30)27-24(28)31/h14,17,20-22,32H,10,12,15-16,18H2,1-9H3,(H,27,30,31)/t20-,21+,22+/m0/s1. The van der Waals surface area contributed by atoms with Gasteiger partial charge in [-0.1, -0.05) is 46.5 Å². The Labute approximate surface area is 217 Å². The molecular formula is C26H44N2O6Si2. The van der Waals surface area contributed by atoms with Crippen molar-refractivity contribution in [1.82, 2.24) is 9.55 Å². The molecule has 1 aromatic rings. The molecule has 0 unspecified atom stereocenters. The van der Waals surface area contributed by atoms with Gasteiger partial charge in [0.25, 0.3) is 5.56 Å². The summed E-state index contributed by atoms with van der Waals surface area (Å²) in [6.07, 6.45) is 3.31. The average Bonchev–Trinajstić information content (AvgIpc) is 3.11. The highest BCUT2D eigenvalue weighted by atomic mass is 28.4. The van der Waals surface area contributed by atoms with Gasteiger partial charge in [-0.15, -0.1) is 0 Å². The van der Waals surface area contributed by atoms with Gasteiger partial charge in [0.1, 0.15) is 18.1 Å². The molecule has 0 amide bonds. The van der Waals surface area contributed by atoms with Crippen molar-refractivity contribution in [3.63, 3.8) is 0 Å². The Balaban J connectivity index is 2.38. The summed E-state index contributed by atoms with van der Waals surface area (Å²) in [6.45, 7) is 19.5. The quantitative estimate of drug-likeness (QED) is 0.212. The average molecular weight is 537 g/mol. The van der Waals surface area contributed by atoms with Gasteiger partial charge in [0.15, 0.2) is 16.6 Å². The Morgan fingerprint density at radius 3 is 2.42 bits per heavy atom. The van der Waals surface area contributed by atoms with Crippen molar-refractivity contribution in [2.45, 2.75) is 109 Å². The van der Waals surface area contributed by atoms with Gasteiger partial charge in [0.2, 0.25) is 0 Å². The zero-order valence-electron chi connectivity index (χ0n) is 23.4. The highest BCUT2D eigenvalue weighted by Gasteiger charge is 2.46. The molecular weight excluding hydrogens is 492 g/mol. The predicted molar refractivity (Wildman–Crippen MR) is 147 cm³/mol. The van der Waals surface area contributed by atoms with Crippen LogP contribution in [0.15, 0.2) is 15.8 Å². The minimum Gasteiger partial charge on any atom is -0.432 e. The van der Waals surface area contributed by atoms with Crippen LogP contribution in [0.2, 0.25) is 36.3 Å². The van der Waals surface area contributed by atoms with Crippen LogP contribution in [-0.2, 0) is 14.0 Å². The molecule has 36 heavy (non-hydrogen) atoms. The fourth-order valence-electron chi connectivity index (χ4n) is 3.84. The first-order valence-corrected chi connectivity index (χ1v) is 18.5. The molecule has 0 aliphatic carbocycles. The molecule has 1 aliphatic heterocycles. The number of H-pyrrole nitrogens is 1. The van der Waals surface area contributed by atoms with Gasteiger partial charge < -0.3 is 18.8 Å². The van der Waals surface area contributed by atoms with Gasteiger partial charge in [-0.2, -0.15) is 0 Å². The molecule has 0 bridgehead atoms. The van der Waals surface area contributed by atoms with E-state index >= 15 is 0 Å². The molecule has 2 heterocycles. The highest BCUT2D eigenvalue weighted by Crippen LogP contribution is 2.47. The Bertz CT molecular complexity index is 1100. The number of aromatic amines is 1. The Kier molecular flexibility index (Phi) is 9.57. The lowest BCUT2D eigenvalue weighted by Crippen LogP contribution is -2.44. The Morgan fingerprint density at radius 2 is 1.86 bits per heavy atom. The zero-order valence-corrected chi connectivity index (χ0v) is 25.4. The number of rotatable bonds is 9. The number of hydrogen-bond donors (Lipinski definition) is 2. The third-order valence-corrected chi connectivity index (χ3v) is 16.1. The van der Waals surface area contributed by atoms with Gasteiger partial charge in [0, 0.05) is 19.0 Å². The van der Waals surface area contributed by atoms with Crippen molar-refractivity contribution in [3.8, 4) is 11.8 Å². The molecule has 1 saturated heterocycles. The van der Waals surface area contributed by atoms with Crippen LogP contribution in [0.1, 0.15) is 72.1 Å². The van der Waals surface area contributed by atoms with Crippen LogP contribution in [0, 0.1) is 17.8 Å². The number of nitrogens with one attached hydrogen (secondary N) is 1. The number of nitrogens with zero attached hydrogens (tertiary/aromatic N) is 1. The van der Waals surface area contributed by atoms with Gasteiger partial charge >= 0.3 is 5.69 Å². The molecule has 3 atom stereocenters. The zero-order chi connectivity index (χ0) is 27.5. The topological polar surface area (TPSA) is 111 Å². The molecule has 1 aliphatic rings. The second-order valence-corrected chi connectivity index (χ2v) is 21.8. The van der Waals surface area contributed by atoms with Gasteiger partial charge in [-0.25, -0.2) is 4.79 Å². The minimum absolute atomic E-state index is 0.0487. The number of carbonyl (C=O) groups is 1. The summed E-state index contributed by atoms with van der Waals surface area (Å²) in [6, 6.07) is 0. The molecule has 0 radical (unpaired) electrons. The van der Waals surface area contributed by atoms with Crippen molar-refractivity contribution in [2.75, 3.05) is 6.61 Å². The van der Waals surface area contributed by atoms with E-state index in [2.05, 4.69) is 64.5 Å². The lowest BCUT2D eigenvalue weighted by atomic mass is 9.90. The maximum absolute atomic E-state index is 12.7. The third kappa shape index (κ3) is 7.38. The summed E-state index contributed by atoms with van der Waals surface area (Å²) in [5.41, 5.74) is -0.952. The summed E-state index contributed by atoms with van der Waals surface area (Å²) in [5, 5.41) is -0.219. The second kappa shape index (κ2) is 11.3. The molecule has 1 fully saturated rings. The fraction of sp³-hybridized carbons (Fsp3) is 0.731. The Morgan fingerprint density at radius 1 is 1.22 bits per heavy atom. The number of carbonyl (C=O) groups excluding carboxylic acids is 1. The van der Waals surface area contributed by atoms with Gasteiger partial charge in [0.05, 0.1) is 12.7 Å². The molecule has 8 nitrogen and oxygen atoms in total. The summed E-state index contributed by atoms with van der Waals surface area (Å²) < 4.78 is 14.3. The number of aldehydes is 1. The van der Waals surface area contributed by atoms with E-state index in [1.165, 1.54) is 10.8 Å². The first kappa shape index (κ1) is 30.4. The third-order valence-electron chi connectivity index (χ3n) is 8.09. The SMILES string of the molecule is CC(C)(C[C@@H]1C[C@H](n2cc(C#CCCC=O)c(=O)[nH]c2=O)O[C@@H]1CO[Si](C)(C)C(C)(C)C)[Si](C)(C)O. The van der Waals surface area contributed by atoms with E-state index in [1.807, 2.05) is 13.1 Å². The summed E-state index contributed by atoms with van der Waals surface area (Å²) in [5.74, 6) is 5.63. The molecule has 2 rings (SSSR count). The van der Waals surface area contributed by atoms with Crippen LogP contribution in [0.4, 0.5) is 0 Å². The predicted octanol–water partition coefficient (Wildman–Crippen LogP) is 4.16. The monoisotopic (exact) mass is 536 g/mol. The van der Waals surface area contributed by atoms with E-state index in [-0.39, 0.29) is 34.1 Å². The highest BCUT2D eigenvalue weighted by molar-refractivity contribution is 6.74. The lowest BCUT2D eigenvalue weighted by molar-refractivity contribution is -0.107. The van der Waals surface area contributed by atoms with Crippen molar-refractivity contribution < 1.29 is 18.8 Å². The smallest absolute Gasteiger partial charge is 0.330 e. The van der Waals surface area contributed by atoms with E-state index in [4.69, 9.17) is 9.16 Å². The van der Waals surface area contributed by atoms with Crippen molar-refractivity contribution >= 4 is 22.9 Å². The van der Waals surface area contributed by atoms with E-state index in [9.17, 15) is 19.2 Å². The summed E-state index contributed by atoms with van der Waals surface area (Å²) >= 11 is 0. The molecule has 0 aromatic carbocycles. The van der Waals surface area contributed by atoms with Gasteiger partial charge in [-0.05, 0) is 55.0 Å². The number of aromatic nitrogens is 2. The minimum atomic E-state index is -2.47. The number of unbranched alkanes of at least 4 members (excludes halogenated alkanes) is 1. The number of ether oxygens (including phenoxy) is 1. The van der Waals surface area contributed by atoms with Crippen LogP contribution in [0.25, 0.3) is 0 Å². The maximum Gasteiger partial charge on any atom is 0.330 e. The van der Waals surface area contributed by atoms with E-state index < -0.39 is 34.1 Å². The molecule has 1 aromatic heterocycles. The van der Waals surface area contributed by atoms with E-state index in [0.717, 1.165) is 12.7 Å². The maximum atomic E-state index is 12.7. The Hall–Kier alpha value is -1.78. The molecule has 202 valence electrons. The normalized spacial score (nSPS) is 21.2. The first-order valence-electron chi connectivity index (χ1n) is 12.7. The van der Waals surface area contributed by atoms with Crippen LogP contribution in [-0.4, -0.2) is 50.0 Å². The van der Waals surface area contributed by atoms with Crippen LogP contribution in [0.3, 0.4) is 0 Å². The number of hydrogen-bond acceptors (Lipinski definition) is 6. The molecule has 0 spiro atoms. The van der Waals surface area contributed by atoms with Crippen LogP contribution < -0.4 is 11.2 Å². The van der Waals surface area contributed by atoms with E-state index in [0.29, 0.717) is 19.4 Å². The van der Waals surface area contributed by atoms with Crippen molar-refractivity contribution in [3.05, 3.63) is 32.6 Å². The van der Waals surface area contributed by atoms with Gasteiger partial charge in [-0.3, -0.25) is 14.3 Å². The molecule has 10 heteroatoms. The van der Waals surface area contributed by atoms with E-state index in [1.54, 1.807) is 0 Å². The lowest BCUT2D eigenvalue weighted by Gasteiger charge is -2.39. The largest absolute Gasteiger partial charge is 0.432 e. The summed E-state index contributed by atoms with van der Waals surface area (Å²) in [4.78, 5) is 48.8. The molecule has 2 N–H and O–H groups in total. The summed E-state index contributed by atoms with van der Waals surface area (Å²) in [7, 11) is -4.50. The van der Waals surface area contributed by atoms with Crippen LogP contribution >= 0.6 is 0 Å². The first-order chi connectivity index (χ1) is 16.4. The fourth-order valence-corrected chi connectivity index (χ4v) is 5.61.